The lowest BCUT2D eigenvalue weighted by Crippen LogP contribution is -2.47. The maximum Gasteiger partial charge on any atom is 0.252 e. The Morgan fingerprint density at radius 2 is 1.32 bits per heavy atom. The molecular weight excluding hydrogens is 420 g/mol. The van der Waals surface area contributed by atoms with Crippen molar-refractivity contribution in [2.45, 2.75) is 18.9 Å². The zero-order valence-corrected chi connectivity index (χ0v) is 19.2. The fraction of sp³-hybridized carbons (Fsp3) is 0.133. The molecule has 0 aliphatic carbocycles. The number of benzene rings is 4. The van der Waals surface area contributed by atoms with Gasteiger partial charge in [-0.25, -0.2) is 0 Å². The number of amides is 2. The monoisotopic (exact) mass is 444 g/mol. The number of rotatable bonds is 3. The topological polar surface area (TPSA) is 40.6 Å². The van der Waals surface area contributed by atoms with E-state index in [1.165, 1.54) is 0 Å². The molecule has 0 saturated carbocycles. The van der Waals surface area contributed by atoms with Gasteiger partial charge >= 0.3 is 0 Å². The summed E-state index contributed by atoms with van der Waals surface area (Å²) in [6.45, 7) is 2.41. The lowest BCUT2D eigenvalue weighted by molar-refractivity contribution is -0.131. The smallest absolute Gasteiger partial charge is 0.252 e. The van der Waals surface area contributed by atoms with Gasteiger partial charge in [0.15, 0.2) is 5.41 Å². The molecule has 4 nitrogen and oxygen atoms in total. The van der Waals surface area contributed by atoms with E-state index in [1.54, 1.807) is 16.8 Å². The lowest BCUT2D eigenvalue weighted by atomic mass is 9.75. The van der Waals surface area contributed by atoms with Crippen LogP contribution >= 0.6 is 0 Å². The summed E-state index contributed by atoms with van der Waals surface area (Å²) in [6.07, 6.45) is 0. The zero-order valence-electron chi connectivity index (χ0n) is 19.2. The number of aryl methyl sites for hydroxylation is 1. The van der Waals surface area contributed by atoms with Crippen LogP contribution in [-0.2, 0) is 21.5 Å². The van der Waals surface area contributed by atoms with Crippen LogP contribution in [-0.4, -0.2) is 18.9 Å². The normalized spacial score (nSPS) is 18.5. The van der Waals surface area contributed by atoms with Gasteiger partial charge in [0.05, 0.1) is 6.54 Å². The molecule has 2 amide bonds. The fourth-order valence-corrected chi connectivity index (χ4v) is 5.42. The second-order valence-electron chi connectivity index (χ2n) is 9.11. The van der Waals surface area contributed by atoms with Gasteiger partial charge in [0.1, 0.15) is 0 Å². The van der Waals surface area contributed by atoms with E-state index in [4.69, 9.17) is 0 Å². The van der Waals surface area contributed by atoms with Gasteiger partial charge in [0.25, 0.3) is 11.8 Å². The van der Waals surface area contributed by atoms with Crippen LogP contribution in [0.3, 0.4) is 0 Å². The molecule has 4 heteroatoms. The summed E-state index contributed by atoms with van der Waals surface area (Å²) in [5.74, 6) is -0.377. The molecular formula is C30H24N2O2. The summed E-state index contributed by atoms with van der Waals surface area (Å²) in [7, 11) is 1.76. The van der Waals surface area contributed by atoms with Crippen LogP contribution < -0.4 is 9.80 Å². The average Bonchev–Trinajstić information content (AvgIpc) is 3.24. The van der Waals surface area contributed by atoms with Crippen LogP contribution in [0.5, 0.6) is 0 Å². The standard InChI is InChI=1S/C30H24N2O2/c1-20-13-15-26-24(17-20)30(28(33)31(26)2)25-18-23(22-11-7-4-8-12-22)14-16-27(25)32(29(30)34)19-21-9-5-3-6-10-21/h3-18H,19H2,1-2H3/t30-/m0/s1. The molecule has 0 saturated heterocycles. The number of fused-ring (bicyclic) bond motifs is 4. The Morgan fingerprint density at radius 1 is 0.676 bits per heavy atom. The molecule has 166 valence electrons. The van der Waals surface area contributed by atoms with Crippen LogP contribution in [0.1, 0.15) is 22.3 Å². The summed E-state index contributed by atoms with van der Waals surface area (Å²) in [4.78, 5) is 31.8. The number of hydrogen-bond donors (Lipinski definition) is 0. The SMILES string of the molecule is Cc1ccc2c(c1)[C@]1(C(=O)N2C)C(=O)N(Cc2ccccc2)c2ccc(-c3ccccc3)cc21. The molecule has 0 fully saturated rings. The van der Waals surface area contributed by atoms with Gasteiger partial charge in [-0.2, -0.15) is 0 Å². The highest BCUT2D eigenvalue weighted by atomic mass is 16.2. The van der Waals surface area contributed by atoms with Crippen LogP contribution in [0.25, 0.3) is 11.1 Å². The van der Waals surface area contributed by atoms with Crippen molar-refractivity contribution in [2.24, 2.45) is 0 Å². The van der Waals surface area contributed by atoms with Crippen LogP contribution in [0.2, 0.25) is 0 Å². The third kappa shape index (κ3) is 2.72. The first kappa shape index (κ1) is 20.4. The predicted octanol–water partition coefficient (Wildman–Crippen LogP) is 5.47. The molecule has 1 atom stereocenters. The predicted molar refractivity (Wildman–Crippen MR) is 135 cm³/mol. The highest BCUT2D eigenvalue weighted by Crippen LogP contribution is 2.54. The van der Waals surface area contributed by atoms with Gasteiger partial charge in [-0.15, -0.1) is 0 Å². The van der Waals surface area contributed by atoms with Crippen molar-refractivity contribution in [1.29, 1.82) is 0 Å². The van der Waals surface area contributed by atoms with E-state index < -0.39 is 5.41 Å². The molecule has 4 aromatic rings. The molecule has 0 bridgehead atoms. The third-order valence-corrected chi connectivity index (χ3v) is 7.09. The quantitative estimate of drug-likeness (QED) is 0.393. The largest absolute Gasteiger partial charge is 0.314 e. The first-order valence-corrected chi connectivity index (χ1v) is 11.5. The molecule has 2 aliphatic heterocycles. The minimum Gasteiger partial charge on any atom is -0.314 e. The number of carbonyl (C=O) groups is 2. The van der Waals surface area contributed by atoms with Gasteiger partial charge in [-0.1, -0.05) is 84.4 Å². The van der Waals surface area contributed by atoms with Crippen molar-refractivity contribution in [3.05, 3.63) is 119 Å². The van der Waals surface area contributed by atoms with Crippen molar-refractivity contribution in [2.75, 3.05) is 16.8 Å². The van der Waals surface area contributed by atoms with Crippen molar-refractivity contribution in [1.82, 2.24) is 0 Å². The number of carbonyl (C=O) groups excluding carboxylic acids is 2. The van der Waals surface area contributed by atoms with Crippen molar-refractivity contribution in [3.8, 4) is 11.1 Å². The maximum atomic E-state index is 14.3. The van der Waals surface area contributed by atoms with Crippen LogP contribution in [0.15, 0.2) is 97.1 Å². The van der Waals surface area contributed by atoms with Crippen molar-refractivity contribution < 1.29 is 9.59 Å². The van der Waals surface area contributed by atoms with E-state index in [-0.39, 0.29) is 11.8 Å². The van der Waals surface area contributed by atoms with E-state index in [9.17, 15) is 9.59 Å². The molecule has 2 aliphatic rings. The second-order valence-corrected chi connectivity index (χ2v) is 9.11. The Kier molecular flexibility index (Phi) is 4.46. The minimum absolute atomic E-state index is 0.183. The van der Waals surface area contributed by atoms with E-state index >= 15 is 0 Å². The van der Waals surface area contributed by atoms with E-state index in [1.807, 2.05) is 104 Å². The van der Waals surface area contributed by atoms with Crippen molar-refractivity contribution in [3.63, 3.8) is 0 Å². The Morgan fingerprint density at radius 3 is 2.06 bits per heavy atom. The third-order valence-electron chi connectivity index (χ3n) is 7.09. The number of likely N-dealkylation sites (N-methyl/N-ethyl adjacent to an activating group) is 1. The molecule has 0 N–H and O–H groups in total. The molecule has 34 heavy (non-hydrogen) atoms. The van der Waals surface area contributed by atoms with Crippen LogP contribution in [0, 0.1) is 6.92 Å². The Labute approximate surface area is 199 Å². The fourth-order valence-electron chi connectivity index (χ4n) is 5.42. The summed E-state index contributed by atoms with van der Waals surface area (Å²) in [5, 5.41) is 0. The molecule has 6 rings (SSSR count). The number of anilines is 2. The molecule has 0 radical (unpaired) electrons. The summed E-state index contributed by atoms with van der Waals surface area (Å²) >= 11 is 0. The van der Waals surface area contributed by atoms with Gasteiger partial charge in [-0.3, -0.25) is 9.59 Å². The Balaban J connectivity index is 1.62. The first-order valence-electron chi connectivity index (χ1n) is 11.5. The highest BCUT2D eigenvalue weighted by Gasteiger charge is 2.63. The Hall–Kier alpha value is -4.18. The van der Waals surface area contributed by atoms with E-state index in [0.717, 1.165) is 44.8 Å². The number of hydrogen-bond acceptors (Lipinski definition) is 2. The minimum atomic E-state index is -1.37. The molecule has 1 spiro atoms. The van der Waals surface area contributed by atoms with Gasteiger partial charge in [0.2, 0.25) is 0 Å². The van der Waals surface area contributed by atoms with Gasteiger partial charge in [-0.05, 0) is 41.8 Å². The van der Waals surface area contributed by atoms with Gasteiger partial charge < -0.3 is 9.80 Å². The first-order chi connectivity index (χ1) is 16.5. The van der Waals surface area contributed by atoms with Crippen molar-refractivity contribution >= 4 is 23.2 Å². The summed E-state index contributed by atoms with van der Waals surface area (Å²) < 4.78 is 0. The summed E-state index contributed by atoms with van der Waals surface area (Å²) in [5.41, 5.74) is 5.84. The van der Waals surface area contributed by atoms with E-state index in [2.05, 4.69) is 0 Å². The Bertz CT molecular complexity index is 1450. The van der Waals surface area contributed by atoms with Crippen LogP contribution in [0.4, 0.5) is 11.4 Å². The zero-order chi connectivity index (χ0) is 23.4. The highest BCUT2D eigenvalue weighted by molar-refractivity contribution is 6.31. The van der Waals surface area contributed by atoms with Gasteiger partial charge in [0, 0.05) is 29.5 Å². The number of nitrogens with zero attached hydrogens (tertiary/aromatic N) is 2. The molecule has 0 unspecified atom stereocenters. The molecule has 4 aromatic carbocycles. The maximum absolute atomic E-state index is 14.3. The lowest BCUT2D eigenvalue weighted by Gasteiger charge is -2.24. The molecule has 2 heterocycles. The second kappa shape index (κ2) is 7.42. The summed E-state index contributed by atoms with van der Waals surface area (Å²) in [6, 6.07) is 32.0. The van der Waals surface area contributed by atoms with E-state index in [0.29, 0.717) is 6.54 Å². The molecule has 0 aromatic heterocycles. The average molecular weight is 445 g/mol.